The average Bonchev–Trinajstić information content (AvgIpc) is 2.96. The van der Waals surface area contributed by atoms with Gasteiger partial charge in [0.25, 0.3) is 0 Å². The topological polar surface area (TPSA) is 79.2 Å². The summed E-state index contributed by atoms with van der Waals surface area (Å²) in [6.07, 6.45) is 3.60. The van der Waals surface area contributed by atoms with Gasteiger partial charge < -0.3 is 20.3 Å². The van der Waals surface area contributed by atoms with Gasteiger partial charge in [-0.15, -0.1) is 0 Å². The first-order valence-electron chi connectivity index (χ1n) is 7.06. The number of aromatic nitrogens is 2. The summed E-state index contributed by atoms with van der Waals surface area (Å²) in [6.45, 7) is 0. The van der Waals surface area contributed by atoms with E-state index < -0.39 is 0 Å². The van der Waals surface area contributed by atoms with Gasteiger partial charge in [-0.3, -0.25) is 0 Å². The monoisotopic (exact) mass is 308 g/mol. The van der Waals surface area contributed by atoms with Gasteiger partial charge in [0.1, 0.15) is 11.6 Å². The molecule has 2 amide bonds. The summed E-state index contributed by atoms with van der Waals surface area (Å²) >= 11 is 0. The first kappa shape index (κ1) is 14.6. The van der Waals surface area contributed by atoms with Crippen LogP contribution in [-0.4, -0.2) is 20.7 Å². The van der Waals surface area contributed by atoms with E-state index in [4.69, 9.17) is 0 Å². The van der Waals surface area contributed by atoms with Crippen molar-refractivity contribution in [2.24, 2.45) is 7.05 Å². The zero-order chi connectivity index (χ0) is 16.2. The maximum Gasteiger partial charge on any atom is 0.323 e. The summed E-state index contributed by atoms with van der Waals surface area (Å²) in [5, 5.41) is 14.7. The molecule has 3 aromatic rings. The number of urea groups is 1. The molecule has 0 atom stereocenters. The lowest BCUT2D eigenvalue weighted by molar-refractivity contribution is 0.262. The molecule has 0 aliphatic rings. The van der Waals surface area contributed by atoms with Crippen LogP contribution >= 0.6 is 0 Å². The quantitative estimate of drug-likeness (QED) is 0.648. The number of benzene rings is 2. The highest BCUT2D eigenvalue weighted by Crippen LogP contribution is 2.21. The lowest BCUT2D eigenvalue weighted by Gasteiger charge is -2.09. The summed E-state index contributed by atoms with van der Waals surface area (Å²) in [6, 6.07) is 13.4. The van der Waals surface area contributed by atoms with Gasteiger partial charge in [0.2, 0.25) is 0 Å². The molecule has 2 aromatic carbocycles. The molecular formula is C17H16N4O2. The van der Waals surface area contributed by atoms with Gasteiger partial charge in [-0.05, 0) is 36.4 Å². The Balaban J connectivity index is 1.71. The van der Waals surface area contributed by atoms with Crippen molar-refractivity contribution in [1.29, 1.82) is 0 Å². The fourth-order valence-corrected chi connectivity index (χ4v) is 2.22. The molecule has 0 unspecified atom stereocenters. The number of aromatic hydroxyl groups is 1. The van der Waals surface area contributed by atoms with Crippen LogP contribution in [0.5, 0.6) is 5.75 Å². The third-order valence-electron chi connectivity index (χ3n) is 3.32. The summed E-state index contributed by atoms with van der Waals surface area (Å²) in [4.78, 5) is 16.3. The largest absolute Gasteiger partial charge is 0.508 e. The van der Waals surface area contributed by atoms with Crippen molar-refractivity contribution in [2.45, 2.75) is 0 Å². The highest BCUT2D eigenvalue weighted by molar-refractivity contribution is 6.00. The second kappa shape index (κ2) is 6.23. The van der Waals surface area contributed by atoms with Gasteiger partial charge in [0, 0.05) is 36.4 Å². The molecule has 0 bridgehead atoms. The summed E-state index contributed by atoms with van der Waals surface area (Å²) in [5.74, 6) is 0.978. The van der Waals surface area contributed by atoms with Crippen LogP contribution in [0.15, 0.2) is 60.9 Å². The molecular weight excluding hydrogens is 292 g/mol. The van der Waals surface area contributed by atoms with Crippen LogP contribution < -0.4 is 10.6 Å². The number of hydrogen-bond acceptors (Lipinski definition) is 3. The molecule has 23 heavy (non-hydrogen) atoms. The van der Waals surface area contributed by atoms with Crippen LogP contribution in [0.4, 0.5) is 16.2 Å². The van der Waals surface area contributed by atoms with E-state index in [0.29, 0.717) is 11.4 Å². The van der Waals surface area contributed by atoms with Gasteiger partial charge in [0.05, 0.1) is 0 Å². The Labute approximate surface area is 133 Å². The minimum absolute atomic E-state index is 0.152. The second-order valence-corrected chi connectivity index (χ2v) is 5.07. The molecule has 0 aliphatic carbocycles. The molecule has 6 nitrogen and oxygen atoms in total. The van der Waals surface area contributed by atoms with Crippen molar-refractivity contribution in [2.75, 3.05) is 10.6 Å². The van der Waals surface area contributed by atoms with E-state index in [2.05, 4.69) is 15.6 Å². The van der Waals surface area contributed by atoms with E-state index in [0.717, 1.165) is 11.4 Å². The molecule has 0 saturated carbocycles. The number of carbonyl (C=O) groups is 1. The number of phenolic OH excluding ortho intramolecular Hbond substituents is 1. The third-order valence-corrected chi connectivity index (χ3v) is 3.32. The van der Waals surface area contributed by atoms with Gasteiger partial charge in [-0.1, -0.05) is 12.1 Å². The fraction of sp³-hybridized carbons (Fsp3) is 0.0588. The minimum atomic E-state index is -0.354. The van der Waals surface area contributed by atoms with Crippen LogP contribution in [0.3, 0.4) is 0 Å². The number of hydrogen-bond donors (Lipinski definition) is 3. The lowest BCUT2D eigenvalue weighted by Crippen LogP contribution is -2.19. The van der Waals surface area contributed by atoms with Gasteiger partial charge in [0.15, 0.2) is 0 Å². The van der Waals surface area contributed by atoms with Crippen LogP contribution in [0.2, 0.25) is 0 Å². The Bertz CT molecular complexity index is 825. The zero-order valence-electron chi connectivity index (χ0n) is 12.5. The van der Waals surface area contributed by atoms with Crippen molar-refractivity contribution in [3.63, 3.8) is 0 Å². The standard InChI is InChI=1S/C17H16N4O2/c1-21-10-9-18-16(21)12-3-2-4-14(11-12)20-17(23)19-13-5-7-15(22)8-6-13/h2-11,22H,1H3,(H2,19,20,23). The maximum atomic E-state index is 12.0. The Morgan fingerprint density at radius 1 is 1.09 bits per heavy atom. The minimum Gasteiger partial charge on any atom is -0.508 e. The van der Waals surface area contributed by atoms with Gasteiger partial charge >= 0.3 is 6.03 Å². The second-order valence-electron chi connectivity index (χ2n) is 5.07. The van der Waals surface area contributed by atoms with Crippen molar-refractivity contribution in [1.82, 2.24) is 9.55 Å². The van der Waals surface area contributed by atoms with Crippen molar-refractivity contribution in [3.8, 4) is 17.1 Å². The molecule has 1 heterocycles. The first-order chi connectivity index (χ1) is 11.1. The van der Waals surface area contributed by atoms with E-state index in [-0.39, 0.29) is 11.8 Å². The predicted octanol–water partition coefficient (Wildman–Crippen LogP) is 3.44. The molecule has 1 aromatic heterocycles. The normalized spacial score (nSPS) is 10.3. The number of nitrogens with zero attached hydrogens (tertiary/aromatic N) is 2. The number of anilines is 2. The molecule has 3 rings (SSSR count). The van der Waals surface area contributed by atoms with Crippen molar-refractivity contribution < 1.29 is 9.90 Å². The van der Waals surface area contributed by atoms with Crippen molar-refractivity contribution >= 4 is 17.4 Å². The SMILES string of the molecule is Cn1ccnc1-c1cccc(NC(=O)Nc2ccc(O)cc2)c1. The Morgan fingerprint density at radius 2 is 1.83 bits per heavy atom. The van der Waals surface area contributed by atoms with Crippen LogP contribution in [0.25, 0.3) is 11.4 Å². The lowest BCUT2D eigenvalue weighted by atomic mass is 10.2. The summed E-state index contributed by atoms with van der Waals surface area (Å²) in [5.41, 5.74) is 2.18. The highest BCUT2D eigenvalue weighted by Gasteiger charge is 2.06. The average molecular weight is 308 g/mol. The number of carbonyl (C=O) groups excluding carboxylic acids is 1. The molecule has 0 fully saturated rings. The zero-order valence-corrected chi connectivity index (χ0v) is 12.5. The smallest absolute Gasteiger partial charge is 0.323 e. The molecule has 0 aliphatic heterocycles. The maximum absolute atomic E-state index is 12.0. The number of imidazole rings is 1. The summed E-state index contributed by atoms with van der Waals surface area (Å²) < 4.78 is 1.91. The van der Waals surface area contributed by atoms with E-state index in [1.807, 2.05) is 42.1 Å². The van der Waals surface area contributed by atoms with E-state index in [1.54, 1.807) is 18.3 Å². The Kier molecular flexibility index (Phi) is 3.97. The van der Waals surface area contributed by atoms with Crippen LogP contribution in [0.1, 0.15) is 0 Å². The Hall–Kier alpha value is -3.28. The summed E-state index contributed by atoms with van der Waals surface area (Å²) in [7, 11) is 1.92. The van der Waals surface area contributed by atoms with Gasteiger partial charge in [-0.2, -0.15) is 0 Å². The van der Waals surface area contributed by atoms with Gasteiger partial charge in [-0.25, -0.2) is 9.78 Å². The fourth-order valence-electron chi connectivity index (χ4n) is 2.22. The van der Waals surface area contributed by atoms with Crippen molar-refractivity contribution in [3.05, 3.63) is 60.9 Å². The third kappa shape index (κ3) is 3.49. The molecule has 6 heteroatoms. The molecule has 116 valence electrons. The van der Waals surface area contributed by atoms with E-state index >= 15 is 0 Å². The molecule has 0 radical (unpaired) electrons. The number of phenols is 1. The number of nitrogens with one attached hydrogen (secondary N) is 2. The first-order valence-corrected chi connectivity index (χ1v) is 7.06. The number of amides is 2. The Morgan fingerprint density at radius 3 is 2.52 bits per heavy atom. The molecule has 3 N–H and O–H groups in total. The molecule has 0 saturated heterocycles. The highest BCUT2D eigenvalue weighted by atomic mass is 16.3. The predicted molar refractivity (Wildman–Crippen MR) is 89.4 cm³/mol. The number of aryl methyl sites for hydroxylation is 1. The molecule has 0 spiro atoms. The number of rotatable bonds is 3. The van der Waals surface area contributed by atoms with Crippen LogP contribution in [0, 0.1) is 0 Å². The van der Waals surface area contributed by atoms with E-state index in [9.17, 15) is 9.90 Å². The van der Waals surface area contributed by atoms with Crippen LogP contribution in [-0.2, 0) is 7.05 Å². The van der Waals surface area contributed by atoms with E-state index in [1.165, 1.54) is 12.1 Å².